The summed E-state index contributed by atoms with van der Waals surface area (Å²) in [5.74, 6) is 0.962. The van der Waals surface area contributed by atoms with Gasteiger partial charge in [-0.1, -0.05) is 0 Å². The fraction of sp³-hybridized carbons (Fsp3) is 0.625. The molecule has 3 rings (SSSR count). The smallest absolute Gasteiger partial charge is 0.232 e. The number of rotatable bonds is 4. The van der Waals surface area contributed by atoms with Gasteiger partial charge < -0.3 is 20.7 Å². The van der Waals surface area contributed by atoms with E-state index in [1.54, 1.807) is 6.20 Å². The summed E-state index contributed by atoms with van der Waals surface area (Å²) in [5.41, 5.74) is 6.08. The van der Waals surface area contributed by atoms with Gasteiger partial charge in [0.2, 0.25) is 5.91 Å². The van der Waals surface area contributed by atoms with E-state index in [-0.39, 0.29) is 30.7 Å². The number of hydrogen-bond acceptors (Lipinski definition) is 5. The Bertz CT molecular complexity index is 515. The van der Waals surface area contributed by atoms with Crippen LogP contribution < -0.4 is 16.0 Å². The maximum absolute atomic E-state index is 12.6. The van der Waals surface area contributed by atoms with E-state index in [9.17, 15) is 4.79 Å². The number of pyridine rings is 1. The highest BCUT2D eigenvalue weighted by Gasteiger charge is 2.38. The Kier molecular flexibility index (Phi) is 8.22. The van der Waals surface area contributed by atoms with E-state index in [1.807, 2.05) is 12.1 Å². The normalized spacial score (nSPS) is 19.1. The summed E-state index contributed by atoms with van der Waals surface area (Å²) in [4.78, 5) is 19.3. The molecule has 2 fully saturated rings. The Morgan fingerprint density at radius 1 is 1.25 bits per heavy atom. The van der Waals surface area contributed by atoms with Crippen LogP contribution in [-0.4, -0.2) is 43.7 Å². The van der Waals surface area contributed by atoms with Crippen LogP contribution in [0.2, 0.25) is 0 Å². The molecule has 136 valence electrons. The molecule has 1 aromatic rings. The molecule has 2 aliphatic rings. The van der Waals surface area contributed by atoms with Crippen molar-refractivity contribution in [3.8, 4) is 0 Å². The van der Waals surface area contributed by atoms with Crippen LogP contribution in [0.15, 0.2) is 18.3 Å². The Labute approximate surface area is 155 Å². The number of hydrogen-bond donors (Lipinski definition) is 2. The van der Waals surface area contributed by atoms with Crippen molar-refractivity contribution < 1.29 is 9.53 Å². The van der Waals surface area contributed by atoms with E-state index in [0.29, 0.717) is 32.6 Å². The van der Waals surface area contributed by atoms with Crippen molar-refractivity contribution >= 4 is 42.2 Å². The first-order valence-electron chi connectivity index (χ1n) is 8.04. The van der Waals surface area contributed by atoms with Gasteiger partial charge in [0.25, 0.3) is 0 Å². The monoisotopic (exact) mass is 376 g/mol. The van der Waals surface area contributed by atoms with Gasteiger partial charge in [-0.05, 0) is 37.8 Å². The molecule has 1 aromatic heterocycles. The van der Waals surface area contributed by atoms with Crippen molar-refractivity contribution in [2.24, 2.45) is 11.1 Å². The molecule has 2 saturated heterocycles. The Morgan fingerprint density at radius 2 is 1.92 bits per heavy atom. The summed E-state index contributed by atoms with van der Waals surface area (Å²) in [7, 11) is 0. The van der Waals surface area contributed by atoms with Crippen molar-refractivity contribution in [1.82, 2.24) is 4.98 Å². The zero-order chi connectivity index (χ0) is 15.4. The van der Waals surface area contributed by atoms with E-state index in [2.05, 4.69) is 15.2 Å². The molecular formula is C16H26Cl2N4O2. The van der Waals surface area contributed by atoms with Gasteiger partial charge in [0.1, 0.15) is 5.82 Å². The van der Waals surface area contributed by atoms with E-state index in [0.717, 1.165) is 24.6 Å². The van der Waals surface area contributed by atoms with Crippen molar-refractivity contribution in [3.05, 3.63) is 18.3 Å². The minimum atomic E-state index is -0.508. The number of ether oxygens (including phenoxy) is 1. The van der Waals surface area contributed by atoms with Crippen molar-refractivity contribution in [1.29, 1.82) is 0 Å². The number of nitrogens with two attached hydrogens (primary N) is 1. The van der Waals surface area contributed by atoms with Crippen LogP contribution in [0.3, 0.4) is 0 Å². The third-order valence-electron chi connectivity index (χ3n) is 4.76. The highest BCUT2D eigenvalue weighted by atomic mass is 35.5. The van der Waals surface area contributed by atoms with Gasteiger partial charge in [-0.15, -0.1) is 24.8 Å². The largest absolute Gasteiger partial charge is 0.381 e. The van der Waals surface area contributed by atoms with Crippen LogP contribution in [0.4, 0.5) is 11.5 Å². The number of anilines is 2. The Morgan fingerprint density at radius 3 is 2.46 bits per heavy atom. The molecule has 3 heterocycles. The first kappa shape index (κ1) is 21.0. The number of amides is 1. The van der Waals surface area contributed by atoms with Crippen molar-refractivity contribution in [2.75, 3.05) is 43.1 Å². The van der Waals surface area contributed by atoms with Crippen LogP contribution in [-0.2, 0) is 9.53 Å². The summed E-state index contributed by atoms with van der Waals surface area (Å²) in [5, 5.41) is 2.97. The first-order valence-corrected chi connectivity index (χ1v) is 8.04. The summed E-state index contributed by atoms with van der Waals surface area (Å²) >= 11 is 0. The maximum atomic E-state index is 12.6. The average molecular weight is 377 g/mol. The lowest BCUT2D eigenvalue weighted by molar-refractivity contribution is -0.130. The number of nitrogens with one attached hydrogen (secondary N) is 1. The lowest BCUT2D eigenvalue weighted by Crippen LogP contribution is -2.46. The van der Waals surface area contributed by atoms with Crippen LogP contribution in [0, 0.1) is 5.41 Å². The minimum Gasteiger partial charge on any atom is -0.381 e. The molecule has 0 saturated carbocycles. The molecule has 6 nitrogen and oxygen atoms in total. The topological polar surface area (TPSA) is 80.5 Å². The van der Waals surface area contributed by atoms with Crippen molar-refractivity contribution in [3.63, 3.8) is 0 Å². The van der Waals surface area contributed by atoms with Crippen LogP contribution in [0.5, 0.6) is 0 Å². The fourth-order valence-corrected chi connectivity index (χ4v) is 3.14. The SMILES string of the molecule is Cl.Cl.NCC1(C(=O)Nc2ccc(N3CCCC3)nc2)CCOCC1. The molecule has 0 radical (unpaired) electrons. The van der Waals surface area contributed by atoms with Gasteiger partial charge in [0.15, 0.2) is 0 Å². The highest BCUT2D eigenvalue weighted by Crippen LogP contribution is 2.31. The van der Waals surface area contributed by atoms with Crippen LogP contribution >= 0.6 is 24.8 Å². The summed E-state index contributed by atoms with van der Waals surface area (Å²) in [6, 6.07) is 3.89. The standard InChI is InChI=1S/C16H24N4O2.2ClH/c17-12-16(5-9-22-10-6-16)15(21)19-13-3-4-14(18-11-13)20-7-1-2-8-20;;/h3-4,11H,1-2,5-10,12,17H2,(H,19,21);2*1H. The molecule has 0 bridgehead atoms. The molecule has 0 unspecified atom stereocenters. The molecular weight excluding hydrogens is 351 g/mol. The number of aromatic nitrogens is 1. The summed E-state index contributed by atoms with van der Waals surface area (Å²) in [6.07, 6.45) is 5.53. The third kappa shape index (κ3) is 4.51. The van der Waals surface area contributed by atoms with Crippen LogP contribution in [0.1, 0.15) is 25.7 Å². The highest BCUT2D eigenvalue weighted by molar-refractivity contribution is 5.95. The Hall–Kier alpha value is -1.08. The molecule has 0 aromatic carbocycles. The molecule has 2 aliphatic heterocycles. The van der Waals surface area contributed by atoms with E-state index in [1.165, 1.54) is 12.8 Å². The predicted molar refractivity (Wildman–Crippen MR) is 100 cm³/mol. The molecule has 8 heteroatoms. The summed E-state index contributed by atoms with van der Waals surface area (Å²) in [6.45, 7) is 3.67. The molecule has 0 spiro atoms. The van der Waals surface area contributed by atoms with Crippen LogP contribution in [0.25, 0.3) is 0 Å². The predicted octanol–water partition coefficient (Wildman–Crippen LogP) is 2.22. The van der Waals surface area contributed by atoms with Gasteiger partial charge >= 0.3 is 0 Å². The number of carbonyl (C=O) groups is 1. The average Bonchev–Trinajstić information content (AvgIpc) is 3.10. The molecule has 1 amide bonds. The quantitative estimate of drug-likeness (QED) is 0.841. The summed E-state index contributed by atoms with van der Waals surface area (Å²) < 4.78 is 5.35. The lowest BCUT2D eigenvalue weighted by atomic mass is 9.79. The number of nitrogens with zero attached hydrogens (tertiary/aromatic N) is 2. The van der Waals surface area contributed by atoms with Gasteiger partial charge in [-0.25, -0.2) is 4.98 Å². The fourth-order valence-electron chi connectivity index (χ4n) is 3.14. The van der Waals surface area contributed by atoms with Gasteiger partial charge in [0.05, 0.1) is 17.3 Å². The number of halogens is 2. The molecule has 24 heavy (non-hydrogen) atoms. The van der Waals surface area contributed by atoms with Crippen molar-refractivity contribution in [2.45, 2.75) is 25.7 Å². The Balaban J connectivity index is 0.00000144. The second-order valence-corrected chi connectivity index (χ2v) is 6.15. The zero-order valence-corrected chi connectivity index (χ0v) is 15.3. The first-order chi connectivity index (χ1) is 10.7. The van der Waals surface area contributed by atoms with Gasteiger partial charge in [-0.3, -0.25) is 4.79 Å². The number of carbonyl (C=O) groups excluding carboxylic acids is 1. The van der Waals surface area contributed by atoms with E-state index in [4.69, 9.17) is 10.5 Å². The van der Waals surface area contributed by atoms with E-state index < -0.39 is 5.41 Å². The third-order valence-corrected chi connectivity index (χ3v) is 4.76. The lowest BCUT2D eigenvalue weighted by Gasteiger charge is -2.34. The molecule has 3 N–H and O–H groups in total. The zero-order valence-electron chi connectivity index (χ0n) is 13.7. The van der Waals surface area contributed by atoms with Gasteiger partial charge in [-0.2, -0.15) is 0 Å². The second kappa shape index (κ2) is 9.42. The second-order valence-electron chi connectivity index (χ2n) is 6.15. The van der Waals surface area contributed by atoms with Gasteiger partial charge in [0, 0.05) is 32.8 Å². The van der Waals surface area contributed by atoms with E-state index >= 15 is 0 Å². The minimum absolute atomic E-state index is 0. The molecule has 0 aliphatic carbocycles. The molecule has 0 atom stereocenters. The maximum Gasteiger partial charge on any atom is 0.232 e.